The van der Waals surface area contributed by atoms with Gasteiger partial charge in [0.15, 0.2) is 5.75 Å². The average molecular weight is 357 g/mol. The first-order valence-corrected chi connectivity index (χ1v) is 7.38. The topological polar surface area (TPSA) is 89.3 Å². The van der Waals surface area contributed by atoms with E-state index in [9.17, 15) is 10.1 Å². The van der Waals surface area contributed by atoms with Gasteiger partial charge in [-0.1, -0.05) is 23.2 Å². The molecule has 122 valence electrons. The van der Waals surface area contributed by atoms with Crippen molar-refractivity contribution in [3.05, 3.63) is 50.6 Å². The van der Waals surface area contributed by atoms with Gasteiger partial charge in [0.05, 0.1) is 22.1 Å². The van der Waals surface area contributed by atoms with E-state index in [0.717, 1.165) is 0 Å². The van der Waals surface area contributed by atoms with Crippen molar-refractivity contribution in [1.29, 1.82) is 0 Å². The van der Waals surface area contributed by atoms with Crippen LogP contribution in [0.1, 0.15) is 0 Å². The van der Waals surface area contributed by atoms with E-state index in [1.54, 1.807) is 18.2 Å². The van der Waals surface area contributed by atoms with E-state index in [1.165, 1.54) is 19.4 Å². The maximum absolute atomic E-state index is 10.8. The minimum absolute atomic E-state index is 0.0756. The molecule has 0 aliphatic rings. The smallest absolute Gasteiger partial charge is 0.311 e. The molecule has 0 radical (unpaired) electrons. The maximum Gasteiger partial charge on any atom is 0.311 e. The standard InChI is InChI=1S/C14H14Cl2N4O3/c1-23-13-7-10(2-3-12(13)20(21)22)17-4-5-18-14-11(16)6-9(15)8-19-14/h2-3,6-8,17H,4-5H2,1H3,(H,18,19). The molecule has 2 aromatic rings. The number of nitro benzene ring substituents is 1. The lowest BCUT2D eigenvalue weighted by Gasteiger charge is -2.10. The van der Waals surface area contributed by atoms with Crippen molar-refractivity contribution in [2.75, 3.05) is 30.8 Å². The molecule has 0 amide bonds. The Bertz CT molecular complexity index is 712. The van der Waals surface area contributed by atoms with Crippen molar-refractivity contribution in [3.63, 3.8) is 0 Å². The summed E-state index contributed by atoms with van der Waals surface area (Å²) in [6.07, 6.45) is 1.50. The molecule has 0 saturated heterocycles. The largest absolute Gasteiger partial charge is 0.490 e. The first-order chi connectivity index (χ1) is 11.0. The van der Waals surface area contributed by atoms with Crippen LogP contribution >= 0.6 is 23.2 Å². The van der Waals surface area contributed by atoms with Crippen molar-refractivity contribution < 1.29 is 9.66 Å². The van der Waals surface area contributed by atoms with Gasteiger partial charge >= 0.3 is 5.69 Å². The number of ether oxygens (including phenoxy) is 1. The van der Waals surface area contributed by atoms with Gasteiger partial charge in [-0.05, 0) is 12.1 Å². The summed E-state index contributed by atoms with van der Waals surface area (Å²) in [5, 5.41) is 17.9. The fraction of sp³-hybridized carbons (Fsp3) is 0.214. The average Bonchev–Trinajstić information content (AvgIpc) is 2.52. The van der Waals surface area contributed by atoms with Gasteiger partial charge in [-0.2, -0.15) is 0 Å². The SMILES string of the molecule is COc1cc(NCCNc2ncc(Cl)cc2Cl)ccc1[N+](=O)[O-]. The third-order valence-corrected chi connectivity index (χ3v) is 3.43. The van der Waals surface area contributed by atoms with E-state index in [1.807, 2.05) is 0 Å². The Balaban J connectivity index is 1.90. The zero-order valence-corrected chi connectivity index (χ0v) is 13.7. The lowest BCUT2D eigenvalue weighted by molar-refractivity contribution is -0.385. The summed E-state index contributed by atoms with van der Waals surface area (Å²) in [6.45, 7) is 1.11. The van der Waals surface area contributed by atoms with Crippen LogP contribution in [-0.2, 0) is 0 Å². The first kappa shape index (κ1) is 17.1. The fourth-order valence-electron chi connectivity index (χ4n) is 1.87. The predicted molar refractivity (Wildman–Crippen MR) is 90.9 cm³/mol. The third-order valence-electron chi connectivity index (χ3n) is 2.93. The molecule has 0 fully saturated rings. The van der Waals surface area contributed by atoms with E-state index < -0.39 is 4.92 Å². The number of hydrogen-bond acceptors (Lipinski definition) is 6. The molecule has 2 rings (SSSR count). The van der Waals surface area contributed by atoms with E-state index in [4.69, 9.17) is 27.9 Å². The lowest BCUT2D eigenvalue weighted by atomic mass is 10.2. The molecule has 0 spiro atoms. The van der Waals surface area contributed by atoms with Gasteiger partial charge in [-0.15, -0.1) is 0 Å². The molecule has 2 N–H and O–H groups in total. The molecule has 1 aromatic heterocycles. The van der Waals surface area contributed by atoms with Crippen LogP contribution in [0.4, 0.5) is 17.2 Å². The van der Waals surface area contributed by atoms with Gasteiger partial charge in [0, 0.05) is 37.1 Å². The Morgan fingerprint density at radius 2 is 2.00 bits per heavy atom. The van der Waals surface area contributed by atoms with Crippen LogP contribution in [0.15, 0.2) is 30.5 Å². The lowest BCUT2D eigenvalue weighted by Crippen LogP contribution is -2.14. The zero-order chi connectivity index (χ0) is 16.8. The van der Waals surface area contributed by atoms with Crippen LogP contribution in [0.5, 0.6) is 5.75 Å². The normalized spacial score (nSPS) is 10.2. The minimum atomic E-state index is -0.488. The number of halogens is 2. The number of rotatable bonds is 7. The Hall–Kier alpha value is -2.25. The molecule has 9 heteroatoms. The summed E-state index contributed by atoms with van der Waals surface area (Å²) >= 11 is 11.8. The predicted octanol–water partition coefficient (Wildman–Crippen LogP) is 3.83. The van der Waals surface area contributed by atoms with E-state index >= 15 is 0 Å². The van der Waals surface area contributed by atoms with Crippen LogP contribution in [-0.4, -0.2) is 30.1 Å². The van der Waals surface area contributed by atoms with Crippen molar-refractivity contribution >= 4 is 40.4 Å². The quantitative estimate of drug-likeness (QED) is 0.445. The summed E-state index contributed by atoms with van der Waals surface area (Å²) in [7, 11) is 1.39. The van der Waals surface area contributed by atoms with Gasteiger partial charge in [-0.3, -0.25) is 10.1 Å². The van der Waals surface area contributed by atoms with Crippen LogP contribution in [0.2, 0.25) is 10.0 Å². The Morgan fingerprint density at radius 3 is 2.65 bits per heavy atom. The van der Waals surface area contributed by atoms with Gasteiger partial charge in [0.2, 0.25) is 0 Å². The van der Waals surface area contributed by atoms with E-state index in [2.05, 4.69) is 15.6 Å². The molecule has 0 aliphatic heterocycles. The van der Waals surface area contributed by atoms with Crippen LogP contribution < -0.4 is 15.4 Å². The molecule has 1 aromatic carbocycles. The molecule has 0 atom stereocenters. The highest BCUT2D eigenvalue weighted by atomic mass is 35.5. The number of pyridine rings is 1. The van der Waals surface area contributed by atoms with Crippen molar-refractivity contribution in [3.8, 4) is 5.75 Å². The number of anilines is 2. The number of nitro groups is 1. The molecular formula is C14H14Cl2N4O3. The fourth-order valence-corrected chi connectivity index (χ4v) is 2.32. The highest BCUT2D eigenvalue weighted by molar-refractivity contribution is 6.35. The second-order valence-electron chi connectivity index (χ2n) is 4.48. The second kappa shape index (κ2) is 7.85. The minimum Gasteiger partial charge on any atom is -0.490 e. The number of nitrogens with one attached hydrogen (secondary N) is 2. The molecule has 0 aliphatic carbocycles. The zero-order valence-electron chi connectivity index (χ0n) is 12.2. The number of nitrogens with zero attached hydrogens (tertiary/aromatic N) is 2. The molecule has 0 unspecified atom stereocenters. The third kappa shape index (κ3) is 4.61. The summed E-state index contributed by atoms with van der Waals surface area (Å²) in [6, 6.07) is 6.19. The number of benzene rings is 1. The summed E-state index contributed by atoms with van der Waals surface area (Å²) < 4.78 is 5.01. The van der Waals surface area contributed by atoms with Gasteiger partial charge in [0.1, 0.15) is 5.82 Å². The monoisotopic (exact) mass is 356 g/mol. The molecule has 0 bridgehead atoms. The molecule has 23 heavy (non-hydrogen) atoms. The van der Waals surface area contributed by atoms with Crippen molar-refractivity contribution in [2.24, 2.45) is 0 Å². The maximum atomic E-state index is 10.8. The van der Waals surface area contributed by atoms with Gasteiger partial charge in [-0.25, -0.2) is 4.98 Å². The second-order valence-corrected chi connectivity index (χ2v) is 5.32. The first-order valence-electron chi connectivity index (χ1n) is 6.62. The summed E-state index contributed by atoms with van der Waals surface area (Å²) in [5.41, 5.74) is 0.637. The van der Waals surface area contributed by atoms with Crippen LogP contribution in [0.25, 0.3) is 0 Å². The Kier molecular flexibility index (Phi) is 5.84. The Labute approximate surface area is 142 Å². The van der Waals surface area contributed by atoms with Gasteiger partial charge < -0.3 is 15.4 Å². The van der Waals surface area contributed by atoms with Crippen molar-refractivity contribution in [2.45, 2.75) is 0 Å². The van der Waals surface area contributed by atoms with E-state index in [0.29, 0.717) is 34.6 Å². The number of hydrogen-bond donors (Lipinski definition) is 2. The highest BCUT2D eigenvalue weighted by Gasteiger charge is 2.14. The van der Waals surface area contributed by atoms with Crippen molar-refractivity contribution in [1.82, 2.24) is 4.98 Å². The van der Waals surface area contributed by atoms with Crippen LogP contribution in [0.3, 0.4) is 0 Å². The molecule has 7 nitrogen and oxygen atoms in total. The van der Waals surface area contributed by atoms with E-state index in [-0.39, 0.29) is 11.4 Å². The Morgan fingerprint density at radius 1 is 1.26 bits per heavy atom. The highest BCUT2D eigenvalue weighted by Crippen LogP contribution is 2.29. The summed E-state index contributed by atoms with van der Waals surface area (Å²) in [5.74, 6) is 0.745. The van der Waals surface area contributed by atoms with Gasteiger partial charge in [0.25, 0.3) is 0 Å². The number of methoxy groups -OCH3 is 1. The van der Waals surface area contributed by atoms with Crippen LogP contribution in [0, 0.1) is 10.1 Å². The molecule has 0 saturated carbocycles. The number of aromatic nitrogens is 1. The molecule has 1 heterocycles. The molecular weight excluding hydrogens is 343 g/mol. The summed E-state index contributed by atoms with van der Waals surface area (Å²) in [4.78, 5) is 14.4.